The Labute approximate surface area is 131 Å². The summed E-state index contributed by atoms with van der Waals surface area (Å²) in [6.07, 6.45) is 5.11. The predicted octanol–water partition coefficient (Wildman–Crippen LogP) is 3.86. The number of imidazole rings is 1. The summed E-state index contributed by atoms with van der Waals surface area (Å²) in [5.74, 6) is 0.907. The van der Waals surface area contributed by atoms with E-state index < -0.39 is 0 Å². The van der Waals surface area contributed by atoms with Crippen LogP contribution in [-0.2, 0) is 0 Å². The number of hydrogen-bond acceptors (Lipinski definition) is 3. The van der Waals surface area contributed by atoms with Crippen molar-refractivity contribution >= 4 is 11.3 Å². The third-order valence-corrected chi connectivity index (χ3v) is 3.58. The van der Waals surface area contributed by atoms with E-state index in [4.69, 9.17) is 9.72 Å². The molecule has 0 unspecified atom stereocenters. The van der Waals surface area contributed by atoms with Gasteiger partial charge in [-0.05, 0) is 36.8 Å². The maximum absolute atomic E-state index is 5.62. The Bertz CT molecular complexity index is 760. The highest BCUT2D eigenvalue weighted by atomic mass is 16.5. The number of pyridine rings is 1. The Hall–Kier alpha value is -2.49. The fourth-order valence-electron chi connectivity index (χ4n) is 2.33. The van der Waals surface area contributed by atoms with Crippen molar-refractivity contribution in [2.24, 2.45) is 0 Å². The van der Waals surface area contributed by atoms with E-state index in [-0.39, 0.29) is 0 Å². The van der Waals surface area contributed by atoms with Crippen molar-refractivity contribution in [3.63, 3.8) is 0 Å². The zero-order valence-electron chi connectivity index (χ0n) is 13.3. The molecule has 0 fully saturated rings. The quantitative estimate of drug-likeness (QED) is 0.716. The lowest BCUT2D eigenvalue weighted by Gasteiger charge is -2.11. The molecule has 0 bridgehead atoms. The van der Waals surface area contributed by atoms with Gasteiger partial charge in [0.15, 0.2) is 0 Å². The smallest absolute Gasteiger partial charge is 0.139 e. The molecule has 4 heteroatoms. The largest absolute Gasteiger partial charge is 0.494 e. The van der Waals surface area contributed by atoms with Gasteiger partial charge in [0.05, 0.1) is 12.3 Å². The molecule has 0 amide bonds. The maximum Gasteiger partial charge on any atom is 0.139 e. The normalized spacial score (nSPS) is 10.9. The number of anilines is 1. The molecule has 0 saturated carbocycles. The molecule has 2 heterocycles. The summed E-state index contributed by atoms with van der Waals surface area (Å²) in [5.41, 5.74) is 4.16. The second kappa shape index (κ2) is 6.10. The molecule has 0 radical (unpaired) electrons. The SMILES string of the molecule is CCCOc1ccc(-c2cn3ccc(N(C)C)cc3n2)cc1. The number of hydrogen-bond donors (Lipinski definition) is 0. The molecule has 0 saturated heterocycles. The fraction of sp³-hybridized carbons (Fsp3) is 0.278. The van der Waals surface area contributed by atoms with Gasteiger partial charge in [-0.3, -0.25) is 0 Å². The molecule has 0 aliphatic carbocycles. The molecule has 1 aromatic carbocycles. The van der Waals surface area contributed by atoms with Crippen LogP contribution < -0.4 is 9.64 Å². The Morgan fingerprint density at radius 3 is 2.59 bits per heavy atom. The summed E-state index contributed by atoms with van der Waals surface area (Å²) in [4.78, 5) is 6.79. The molecule has 114 valence electrons. The van der Waals surface area contributed by atoms with E-state index in [1.165, 1.54) is 0 Å². The lowest BCUT2D eigenvalue weighted by atomic mass is 10.2. The number of aromatic nitrogens is 2. The zero-order chi connectivity index (χ0) is 15.5. The predicted molar refractivity (Wildman–Crippen MR) is 90.7 cm³/mol. The van der Waals surface area contributed by atoms with Crippen LogP contribution in [0.2, 0.25) is 0 Å². The minimum absolute atomic E-state index is 0.751. The molecule has 22 heavy (non-hydrogen) atoms. The van der Waals surface area contributed by atoms with Gasteiger partial charge >= 0.3 is 0 Å². The maximum atomic E-state index is 5.62. The summed E-state index contributed by atoms with van der Waals surface area (Å²) in [6, 6.07) is 12.3. The molecule has 0 aliphatic heterocycles. The van der Waals surface area contributed by atoms with Crippen LogP contribution in [0.1, 0.15) is 13.3 Å². The highest BCUT2D eigenvalue weighted by Crippen LogP contribution is 2.23. The Morgan fingerprint density at radius 2 is 1.91 bits per heavy atom. The molecular formula is C18H21N3O. The van der Waals surface area contributed by atoms with Crippen LogP contribution in [0.25, 0.3) is 16.9 Å². The summed E-state index contributed by atoms with van der Waals surface area (Å²) in [5, 5.41) is 0. The Kier molecular flexibility index (Phi) is 4.00. The van der Waals surface area contributed by atoms with Crippen molar-refractivity contribution in [3.8, 4) is 17.0 Å². The summed E-state index contributed by atoms with van der Waals surface area (Å²) in [6.45, 7) is 2.86. The van der Waals surface area contributed by atoms with Crippen LogP contribution >= 0.6 is 0 Å². The van der Waals surface area contributed by atoms with Gasteiger partial charge in [-0.2, -0.15) is 0 Å². The number of ether oxygens (including phenoxy) is 1. The third kappa shape index (κ3) is 2.91. The van der Waals surface area contributed by atoms with Crippen molar-refractivity contribution in [2.75, 3.05) is 25.6 Å². The van der Waals surface area contributed by atoms with Crippen molar-refractivity contribution in [1.29, 1.82) is 0 Å². The molecule has 3 aromatic rings. The molecular weight excluding hydrogens is 274 g/mol. The highest BCUT2D eigenvalue weighted by molar-refractivity contribution is 5.65. The van der Waals surface area contributed by atoms with Gasteiger partial charge in [0.2, 0.25) is 0 Å². The lowest BCUT2D eigenvalue weighted by Crippen LogP contribution is -2.08. The summed E-state index contributed by atoms with van der Waals surface area (Å²) < 4.78 is 7.66. The second-order valence-corrected chi connectivity index (χ2v) is 5.54. The topological polar surface area (TPSA) is 29.8 Å². The molecule has 0 N–H and O–H groups in total. The van der Waals surface area contributed by atoms with Gasteiger partial charge in [-0.15, -0.1) is 0 Å². The summed E-state index contributed by atoms with van der Waals surface area (Å²) in [7, 11) is 4.06. The lowest BCUT2D eigenvalue weighted by molar-refractivity contribution is 0.317. The van der Waals surface area contributed by atoms with E-state index in [1.54, 1.807) is 0 Å². The third-order valence-electron chi connectivity index (χ3n) is 3.58. The number of benzene rings is 1. The van der Waals surface area contributed by atoms with E-state index in [0.29, 0.717) is 0 Å². The molecule has 2 aromatic heterocycles. The second-order valence-electron chi connectivity index (χ2n) is 5.54. The first-order valence-electron chi connectivity index (χ1n) is 7.56. The van der Waals surface area contributed by atoms with Gasteiger partial charge in [0.25, 0.3) is 0 Å². The van der Waals surface area contributed by atoms with Gasteiger partial charge in [0.1, 0.15) is 11.4 Å². The van der Waals surface area contributed by atoms with Crippen molar-refractivity contribution in [1.82, 2.24) is 9.38 Å². The standard InChI is InChI=1S/C18H21N3O/c1-4-11-22-16-7-5-14(6-8-16)17-13-21-10-9-15(20(2)3)12-18(21)19-17/h5-10,12-13H,4,11H2,1-3H3. The Balaban J connectivity index is 1.89. The minimum atomic E-state index is 0.751. The fourth-order valence-corrected chi connectivity index (χ4v) is 2.33. The van der Waals surface area contributed by atoms with Gasteiger partial charge in [-0.25, -0.2) is 4.98 Å². The van der Waals surface area contributed by atoms with Gasteiger partial charge in [-0.1, -0.05) is 6.92 Å². The first-order chi connectivity index (χ1) is 10.7. The molecule has 0 aliphatic rings. The van der Waals surface area contributed by atoms with E-state index in [1.807, 2.05) is 36.8 Å². The van der Waals surface area contributed by atoms with Crippen LogP contribution in [0.4, 0.5) is 5.69 Å². The Morgan fingerprint density at radius 1 is 1.14 bits per heavy atom. The van der Waals surface area contributed by atoms with E-state index in [0.717, 1.165) is 41.4 Å². The van der Waals surface area contributed by atoms with E-state index in [2.05, 4.69) is 42.3 Å². The van der Waals surface area contributed by atoms with E-state index in [9.17, 15) is 0 Å². The van der Waals surface area contributed by atoms with Crippen molar-refractivity contribution in [3.05, 3.63) is 48.8 Å². The molecule has 3 rings (SSSR count). The molecule has 0 spiro atoms. The molecule has 4 nitrogen and oxygen atoms in total. The highest BCUT2D eigenvalue weighted by Gasteiger charge is 2.06. The van der Waals surface area contributed by atoms with Crippen molar-refractivity contribution < 1.29 is 4.74 Å². The number of fused-ring (bicyclic) bond motifs is 1. The van der Waals surface area contributed by atoms with Crippen LogP contribution in [0.5, 0.6) is 5.75 Å². The zero-order valence-corrected chi connectivity index (χ0v) is 13.3. The van der Waals surface area contributed by atoms with E-state index >= 15 is 0 Å². The van der Waals surface area contributed by atoms with Crippen LogP contribution in [-0.4, -0.2) is 30.1 Å². The van der Waals surface area contributed by atoms with Crippen LogP contribution in [0.15, 0.2) is 48.8 Å². The van der Waals surface area contributed by atoms with Crippen LogP contribution in [0, 0.1) is 0 Å². The van der Waals surface area contributed by atoms with Gasteiger partial charge < -0.3 is 14.0 Å². The van der Waals surface area contributed by atoms with Crippen LogP contribution in [0.3, 0.4) is 0 Å². The first kappa shape index (κ1) is 14.4. The van der Waals surface area contributed by atoms with Gasteiger partial charge in [0, 0.05) is 43.8 Å². The first-order valence-corrected chi connectivity index (χ1v) is 7.56. The minimum Gasteiger partial charge on any atom is -0.494 e. The van der Waals surface area contributed by atoms with Crippen molar-refractivity contribution in [2.45, 2.75) is 13.3 Å². The average molecular weight is 295 g/mol. The average Bonchev–Trinajstić information content (AvgIpc) is 2.96. The monoisotopic (exact) mass is 295 g/mol. The number of rotatable bonds is 5. The number of nitrogens with zero attached hydrogens (tertiary/aromatic N) is 3. The molecule has 0 atom stereocenters. The summed E-state index contributed by atoms with van der Waals surface area (Å²) >= 11 is 0.